The maximum absolute atomic E-state index is 12.4. The quantitative estimate of drug-likeness (QED) is 0.646. The number of nitrogens with zero attached hydrogens (tertiary/aromatic N) is 3. The second-order valence-corrected chi connectivity index (χ2v) is 8.46. The van der Waals surface area contributed by atoms with Gasteiger partial charge in [0.1, 0.15) is 0 Å². The highest BCUT2D eigenvalue weighted by atomic mass is 35.5. The van der Waals surface area contributed by atoms with Crippen molar-refractivity contribution in [3.63, 3.8) is 0 Å². The molecule has 0 aliphatic heterocycles. The Morgan fingerprint density at radius 3 is 2.48 bits per heavy atom. The molecule has 5 nitrogen and oxygen atoms in total. The molecule has 0 radical (unpaired) electrons. The van der Waals surface area contributed by atoms with Gasteiger partial charge in [0.05, 0.1) is 12.2 Å². The first-order valence-corrected chi connectivity index (χ1v) is 9.75. The molecule has 1 heterocycles. The van der Waals surface area contributed by atoms with Crippen molar-refractivity contribution < 1.29 is 4.79 Å². The molecule has 0 spiro atoms. The van der Waals surface area contributed by atoms with Crippen LogP contribution in [0.15, 0.2) is 64.6 Å². The highest BCUT2D eigenvalue weighted by molar-refractivity contribution is 7.99. The lowest BCUT2D eigenvalue weighted by Crippen LogP contribution is -2.27. The van der Waals surface area contributed by atoms with E-state index < -0.39 is 5.41 Å². The molecule has 0 unspecified atom stereocenters. The standard InChI is InChI=1S/C20H21ClN4OS/c1-20(2,3)17(26)22-15-11-7-8-12-16(15)27-19-23-18(21)24-25(19)13-14-9-5-4-6-10-14/h4-12H,13H2,1-3H3,(H,22,26). The molecular formula is C20H21ClN4OS. The smallest absolute Gasteiger partial charge is 0.243 e. The lowest BCUT2D eigenvalue weighted by Gasteiger charge is -2.19. The third-order valence-electron chi connectivity index (χ3n) is 3.80. The van der Waals surface area contributed by atoms with E-state index in [0.29, 0.717) is 11.7 Å². The van der Waals surface area contributed by atoms with E-state index in [1.54, 1.807) is 4.68 Å². The highest BCUT2D eigenvalue weighted by Crippen LogP contribution is 2.34. The zero-order valence-electron chi connectivity index (χ0n) is 15.4. The molecule has 27 heavy (non-hydrogen) atoms. The first-order chi connectivity index (χ1) is 12.8. The molecular weight excluding hydrogens is 380 g/mol. The number of halogens is 1. The minimum Gasteiger partial charge on any atom is -0.325 e. The number of benzene rings is 2. The maximum atomic E-state index is 12.4. The van der Waals surface area contributed by atoms with Crippen molar-refractivity contribution in [1.29, 1.82) is 0 Å². The molecule has 0 fully saturated rings. The molecule has 2 aromatic carbocycles. The zero-order chi connectivity index (χ0) is 19.4. The summed E-state index contributed by atoms with van der Waals surface area (Å²) in [6.45, 7) is 6.22. The van der Waals surface area contributed by atoms with E-state index in [1.165, 1.54) is 11.8 Å². The molecule has 1 N–H and O–H groups in total. The van der Waals surface area contributed by atoms with Crippen LogP contribution in [0.1, 0.15) is 26.3 Å². The molecule has 0 aliphatic carbocycles. The van der Waals surface area contributed by atoms with Crippen LogP contribution in [0.2, 0.25) is 5.28 Å². The Kier molecular flexibility index (Phi) is 5.87. The van der Waals surface area contributed by atoms with Gasteiger partial charge in [-0.2, -0.15) is 4.98 Å². The van der Waals surface area contributed by atoms with Gasteiger partial charge in [0.2, 0.25) is 11.2 Å². The van der Waals surface area contributed by atoms with Gasteiger partial charge >= 0.3 is 0 Å². The van der Waals surface area contributed by atoms with Crippen LogP contribution in [-0.4, -0.2) is 20.7 Å². The molecule has 0 aliphatic rings. The van der Waals surface area contributed by atoms with E-state index in [1.807, 2.05) is 75.4 Å². The van der Waals surface area contributed by atoms with Crippen molar-refractivity contribution in [3.8, 4) is 0 Å². The van der Waals surface area contributed by atoms with Gasteiger partial charge in [0.15, 0.2) is 5.16 Å². The van der Waals surface area contributed by atoms with Crippen molar-refractivity contribution in [1.82, 2.24) is 14.8 Å². The first kappa shape index (κ1) is 19.5. The normalized spacial score (nSPS) is 11.4. The highest BCUT2D eigenvalue weighted by Gasteiger charge is 2.22. The van der Waals surface area contributed by atoms with Crippen LogP contribution in [0.3, 0.4) is 0 Å². The van der Waals surface area contributed by atoms with Gasteiger partial charge in [-0.3, -0.25) is 4.79 Å². The van der Waals surface area contributed by atoms with Gasteiger partial charge in [-0.25, -0.2) is 4.68 Å². The molecule has 1 aromatic heterocycles. The van der Waals surface area contributed by atoms with Crippen LogP contribution in [0.4, 0.5) is 5.69 Å². The third kappa shape index (κ3) is 5.11. The molecule has 0 saturated heterocycles. The molecule has 7 heteroatoms. The van der Waals surface area contributed by atoms with Gasteiger partial charge < -0.3 is 5.32 Å². The largest absolute Gasteiger partial charge is 0.325 e. The van der Waals surface area contributed by atoms with E-state index >= 15 is 0 Å². The van der Waals surface area contributed by atoms with Crippen LogP contribution in [0.25, 0.3) is 0 Å². The predicted octanol–water partition coefficient (Wildman–Crippen LogP) is 5.12. The van der Waals surface area contributed by atoms with Crippen molar-refractivity contribution >= 4 is 35.0 Å². The van der Waals surface area contributed by atoms with E-state index in [4.69, 9.17) is 11.6 Å². The van der Waals surface area contributed by atoms with Crippen molar-refractivity contribution in [3.05, 3.63) is 65.4 Å². The fourth-order valence-electron chi connectivity index (χ4n) is 2.30. The van der Waals surface area contributed by atoms with E-state index in [0.717, 1.165) is 16.1 Å². The number of nitrogens with one attached hydrogen (secondary N) is 1. The van der Waals surface area contributed by atoms with Gasteiger partial charge in [0.25, 0.3) is 0 Å². The number of para-hydroxylation sites is 1. The maximum Gasteiger partial charge on any atom is 0.243 e. The minimum absolute atomic E-state index is 0.0423. The summed E-state index contributed by atoms with van der Waals surface area (Å²) >= 11 is 7.48. The summed E-state index contributed by atoms with van der Waals surface area (Å²) in [5.74, 6) is -0.0423. The van der Waals surface area contributed by atoms with Crippen LogP contribution in [0, 0.1) is 5.41 Å². The Morgan fingerprint density at radius 1 is 1.11 bits per heavy atom. The van der Waals surface area contributed by atoms with Crippen molar-refractivity contribution in [2.45, 2.75) is 37.4 Å². The number of carbonyl (C=O) groups excluding carboxylic acids is 1. The second-order valence-electron chi connectivity index (χ2n) is 7.11. The summed E-state index contributed by atoms with van der Waals surface area (Å²) in [6, 6.07) is 17.6. The van der Waals surface area contributed by atoms with Crippen molar-refractivity contribution in [2.75, 3.05) is 5.32 Å². The molecule has 1 amide bonds. The van der Waals surface area contributed by atoms with Gasteiger partial charge in [-0.15, -0.1) is 5.10 Å². The molecule has 3 rings (SSSR count). The lowest BCUT2D eigenvalue weighted by molar-refractivity contribution is -0.123. The number of amides is 1. The van der Waals surface area contributed by atoms with Crippen LogP contribution in [0.5, 0.6) is 0 Å². The van der Waals surface area contributed by atoms with Gasteiger partial charge in [0, 0.05) is 10.3 Å². The molecule has 0 bridgehead atoms. The summed E-state index contributed by atoms with van der Waals surface area (Å²) in [6.07, 6.45) is 0. The summed E-state index contributed by atoms with van der Waals surface area (Å²) in [4.78, 5) is 17.6. The Balaban J connectivity index is 1.85. The topological polar surface area (TPSA) is 59.8 Å². The Morgan fingerprint density at radius 2 is 1.78 bits per heavy atom. The summed E-state index contributed by atoms with van der Waals surface area (Å²) in [5, 5.41) is 8.16. The number of rotatable bonds is 5. The summed E-state index contributed by atoms with van der Waals surface area (Å²) in [7, 11) is 0. The average molecular weight is 401 g/mol. The van der Waals surface area contributed by atoms with Crippen LogP contribution >= 0.6 is 23.4 Å². The number of anilines is 1. The predicted molar refractivity (Wildman–Crippen MR) is 109 cm³/mol. The zero-order valence-corrected chi connectivity index (χ0v) is 17.0. The van der Waals surface area contributed by atoms with E-state index in [-0.39, 0.29) is 11.2 Å². The average Bonchev–Trinajstić information content (AvgIpc) is 2.95. The van der Waals surface area contributed by atoms with Gasteiger partial charge in [-0.05, 0) is 41.1 Å². The lowest BCUT2D eigenvalue weighted by atomic mass is 9.95. The second kappa shape index (κ2) is 8.15. The Labute approximate surface area is 168 Å². The number of hydrogen-bond donors (Lipinski definition) is 1. The summed E-state index contributed by atoms with van der Waals surface area (Å²) in [5.41, 5.74) is 1.37. The molecule has 3 aromatic rings. The fraction of sp³-hybridized carbons (Fsp3) is 0.250. The number of carbonyl (C=O) groups is 1. The first-order valence-electron chi connectivity index (χ1n) is 8.55. The van der Waals surface area contributed by atoms with Crippen LogP contribution < -0.4 is 5.32 Å². The minimum atomic E-state index is -0.478. The third-order valence-corrected chi connectivity index (χ3v) is 5.03. The summed E-state index contributed by atoms with van der Waals surface area (Å²) < 4.78 is 1.77. The van der Waals surface area contributed by atoms with Crippen molar-refractivity contribution in [2.24, 2.45) is 5.41 Å². The van der Waals surface area contributed by atoms with Crippen LogP contribution in [-0.2, 0) is 11.3 Å². The molecule has 0 saturated carbocycles. The monoisotopic (exact) mass is 400 g/mol. The fourth-order valence-corrected chi connectivity index (χ4v) is 3.44. The van der Waals surface area contributed by atoms with E-state index in [9.17, 15) is 4.79 Å². The number of aromatic nitrogens is 3. The van der Waals surface area contributed by atoms with E-state index in [2.05, 4.69) is 15.4 Å². The Bertz CT molecular complexity index is 935. The molecule has 140 valence electrons. The van der Waals surface area contributed by atoms with Gasteiger partial charge in [-0.1, -0.05) is 63.2 Å². The molecule has 0 atom stereocenters. The Hall–Kier alpha value is -2.31. The SMILES string of the molecule is CC(C)(C)C(=O)Nc1ccccc1Sc1nc(Cl)nn1Cc1ccccc1. The number of hydrogen-bond acceptors (Lipinski definition) is 4.